The maximum absolute atomic E-state index is 11.5. The number of hydrogen-bond donors (Lipinski definition) is 0. The van der Waals surface area contributed by atoms with E-state index in [0.717, 1.165) is 11.1 Å². The van der Waals surface area contributed by atoms with E-state index < -0.39 is 9.05 Å². The molecular formula is C13H11ClO2S. The smallest absolute Gasteiger partial charge is 0.207 e. The van der Waals surface area contributed by atoms with E-state index in [0.29, 0.717) is 5.56 Å². The fourth-order valence-corrected chi connectivity index (χ4v) is 2.97. The second-order valence-corrected chi connectivity index (χ2v) is 6.29. The van der Waals surface area contributed by atoms with Gasteiger partial charge in [-0.15, -0.1) is 0 Å². The highest BCUT2D eigenvalue weighted by Gasteiger charge is 2.17. The molecule has 2 rings (SSSR count). The maximum atomic E-state index is 11.5. The minimum atomic E-state index is -3.73. The summed E-state index contributed by atoms with van der Waals surface area (Å²) in [6.45, 7) is 1.87. The van der Waals surface area contributed by atoms with E-state index in [2.05, 4.69) is 0 Å². The molecule has 2 nitrogen and oxygen atoms in total. The van der Waals surface area contributed by atoms with Gasteiger partial charge in [0.2, 0.25) is 0 Å². The van der Waals surface area contributed by atoms with Crippen molar-refractivity contribution in [3.63, 3.8) is 0 Å². The SMILES string of the molecule is Cc1cccc(S(=O)(=O)Cl)c1-c1ccccc1. The molecule has 0 radical (unpaired) electrons. The highest BCUT2D eigenvalue weighted by Crippen LogP contribution is 2.32. The average molecular weight is 267 g/mol. The van der Waals surface area contributed by atoms with Crippen LogP contribution in [-0.2, 0) is 9.05 Å². The lowest BCUT2D eigenvalue weighted by atomic mass is 10.0. The third-order valence-corrected chi connectivity index (χ3v) is 3.92. The van der Waals surface area contributed by atoms with E-state index in [4.69, 9.17) is 10.7 Å². The Hall–Kier alpha value is -1.32. The van der Waals surface area contributed by atoms with Gasteiger partial charge in [-0.1, -0.05) is 42.5 Å². The van der Waals surface area contributed by atoms with Crippen LogP contribution in [0.15, 0.2) is 53.4 Å². The maximum Gasteiger partial charge on any atom is 0.261 e. The van der Waals surface area contributed by atoms with Gasteiger partial charge in [0.05, 0.1) is 4.90 Å². The summed E-state index contributed by atoms with van der Waals surface area (Å²) < 4.78 is 23.1. The molecule has 0 aliphatic rings. The van der Waals surface area contributed by atoms with Crippen LogP contribution in [0.5, 0.6) is 0 Å². The number of benzene rings is 2. The van der Waals surface area contributed by atoms with Crippen LogP contribution in [0.3, 0.4) is 0 Å². The summed E-state index contributed by atoms with van der Waals surface area (Å²) in [7, 11) is 1.73. The van der Waals surface area contributed by atoms with Gasteiger partial charge in [0.1, 0.15) is 0 Å². The molecule has 0 aromatic heterocycles. The van der Waals surface area contributed by atoms with E-state index in [9.17, 15) is 8.42 Å². The molecule has 0 saturated carbocycles. The van der Waals surface area contributed by atoms with Gasteiger partial charge in [0.25, 0.3) is 9.05 Å². The molecule has 0 heterocycles. The molecular weight excluding hydrogens is 256 g/mol. The Bertz CT molecular complexity index is 634. The minimum absolute atomic E-state index is 0.158. The normalized spacial score (nSPS) is 11.4. The summed E-state index contributed by atoms with van der Waals surface area (Å²) >= 11 is 0. The Morgan fingerprint density at radius 1 is 0.941 bits per heavy atom. The van der Waals surface area contributed by atoms with E-state index >= 15 is 0 Å². The van der Waals surface area contributed by atoms with Gasteiger partial charge in [-0.05, 0) is 24.1 Å². The van der Waals surface area contributed by atoms with Crippen molar-refractivity contribution in [1.82, 2.24) is 0 Å². The average Bonchev–Trinajstić information content (AvgIpc) is 2.28. The van der Waals surface area contributed by atoms with Crippen LogP contribution in [0, 0.1) is 6.92 Å². The van der Waals surface area contributed by atoms with Crippen molar-refractivity contribution < 1.29 is 8.42 Å². The van der Waals surface area contributed by atoms with Gasteiger partial charge in [0, 0.05) is 16.2 Å². The van der Waals surface area contributed by atoms with Crippen LogP contribution in [0.1, 0.15) is 5.56 Å². The van der Waals surface area contributed by atoms with Crippen molar-refractivity contribution in [2.24, 2.45) is 0 Å². The van der Waals surface area contributed by atoms with Gasteiger partial charge in [-0.3, -0.25) is 0 Å². The molecule has 2 aromatic carbocycles. The molecule has 0 bridgehead atoms. The standard InChI is InChI=1S/C13H11ClO2S/c1-10-6-5-9-12(17(14,15)16)13(10)11-7-3-2-4-8-11/h2-9H,1H3. The summed E-state index contributed by atoms with van der Waals surface area (Å²) in [5.41, 5.74) is 2.41. The molecule has 0 fully saturated rings. The summed E-state index contributed by atoms with van der Waals surface area (Å²) in [5, 5.41) is 0. The number of rotatable bonds is 2. The quantitative estimate of drug-likeness (QED) is 0.779. The van der Waals surface area contributed by atoms with Gasteiger partial charge >= 0.3 is 0 Å². The number of aryl methyl sites for hydroxylation is 1. The first kappa shape index (κ1) is 12.1. The monoisotopic (exact) mass is 266 g/mol. The summed E-state index contributed by atoms with van der Waals surface area (Å²) in [6.07, 6.45) is 0. The number of hydrogen-bond acceptors (Lipinski definition) is 2. The lowest BCUT2D eigenvalue weighted by Crippen LogP contribution is -1.96. The Kier molecular flexibility index (Phi) is 3.22. The van der Waals surface area contributed by atoms with Crippen molar-refractivity contribution in [2.45, 2.75) is 11.8 Å². The molecule has 88 valence electrons. The van der Waals surface area contributed by atoms with Crippen molar-refractivity contribution in [1.29, 1.82) is 0 Å². The third-order valence-electron chi connectivity index (χ3n) is 2.56. The van der Waals surface area contributed by atoms with Gasteiger partial charge in [-0.2, -0.15) is 0 Å². The van der Waals surface area contributed by atoms with E-state index in [1.54, 1.807) is 6.07 Å². The second-order valence-electron chi connectivity index (χ2n) is 3.75. The van der Waals surface area contributed by atoms with Crippen molar-refractivity contribution in [2.75, 3.05) is 0 Å². The molecule has 0 saturated heterocycles. The van der Waals surface area contributed by atoms with E-state index in [1.807, 2.05) is 43.3 Å². The Balaban J connectivity index is 2.78. The van der Waals surface area contributed by atoms with E-state index in [-0.39, 0.29) is 4.90 Å². The molecule has 0 spiro atoms. The lowest BCUT2D eigenvalue weighted by Gasteiger charge is -2.10. The fourth-order valence-electron chi connectivity index (χ4n) is 1.82. The molecule has 0 atom stereocenters. The fraction of sp³-hybridized carbons (Fsp3) is 0.0769. The lowest BCUT2D eigenvalue weighted by molar-refractivity contribution is 0.610. The van der Waals surface area contributed by atoms with Crippen LogP contribution in [0.4, 0.5) is 0 Å². The predicted molar refractivity (Wildman–Crippen MR) is 69.7 cm³/mol. The Morgan fingerprint density at radius 2 is 1.59 bits per heavy atom. The largest absolute Gasteiger partial charge is 0.261 e. The zero-order valence-electron chi connectivity index (χ0n) is 9.22. The first-order valence-corrected chi connectivity index (χ1v) is 7.41. The molecule has 0 aliphatic heterocycles. The molecule has 0 aliphatic carbocycles. The van der Waals surface area contributed by atoms with Crippen molar-refractivity contribution in [3.8, 4) is 11.1 Å². The predicted octanol–water partition coefficient (Wildman–Crippen LogP) is 3.59. The zero-order valence-corrected chi connectivity index (χ0v) is 10.8. The Labute approximate surface area is 105 Å². The summed E-state index contributed by atoms with van der Waals surface area (Å²) in [6, 6.07) is 14.4. The van der Waals surface area contributed by atoms with Crippen molar-refractivity contribution in [3.05, 3.63) is 54.1 Å². The molecule has 0 N–H and O–H groups in total. The van der Waals surface area contributed by atoms with Crippen LogP contribution in [-0.4, -0.2) is 8.42 Å². The second kappa shape index (κ2) is 4.51. The molecule has 0 amide bonds. The topological polar surface area (TPSA) is 34.1 Å². The van der Waals surface area contributed by atoms with Crippen molar-refractivity contribution >= 4 is 19.7 Å². The van der Waals surface area contributed by atoms with Gasteiger partial charge < -0.3 is 0 Å². The van der Waals surface area contributed by atoms with Crippen LogP contribution < -0.4 is 0 Å². The minimum Gasteiger partial charge on any atom is -0.207 e. The first-order chi connectivity index (χ1) is 8.00. The molecule has 0 unspecified atom stereocenters. The van der Waals surface area contributed by atoms with Gasteiger partial charge in [0.15, 0.2) is 0 Å². The van der Waals surface area contributed by atoms with Crippen LogP contribution in [0.25, 0.3) is 11.1 Å². The Morgan fingerprint density at radius 3 is 2.18 bits per heavy atom. The van der Waals surface area contributed by atoms with Crippen LogP contribution >= 0.6 is 10.7 Å². The molecule has 2 aromatic rings. The highest BCUT2D eigenvalue weighted by molar-refractivity contribution is 8.13. The number of halogens is 1. The van der Waals surface area contributed by atoms with Crippen LogP contribution in [0.2, 0.25) is 0 Å². The van der Waals surface area contributed by atoms with E-state index in [1.165, 1.54) is 6.07 Å². The zero-order chi connectivity index (χ0) is 12.5. The summed E-state index contributed by atoms with van der Waals surface area (Å²) in [4.78, 5) is 0.158. The summed E-state index contributed by atoms with van der Waals surface area (Å²) in [5.74, 6) is 0. The third kappa shape index (κ3) is 2.51. The molecule has 4 heteroatoms. The highest BCUT2D eigenvalue weighted by atomic mass is 35.7. The first-order valence-electron chi connectivity index (χ1n) is 5.10. The van der Waals surface area contributed by atoms with Gasteiger partial charge in [-0.25, -0.2) is 8.42 Å². The molecule has 17 heavy (non-hydrogen) atoms.